The number of imidazole rings is 1. The fourth-order valence-corrected chi connectivity index (χ4v) is 2.27. The number of carbonyl (C=O) groups excluding carboxylic acids is 1. The lowest BCUT2D eigenvalue weighted by molar-refractivity contribution is -0.128. The van der Waals surface area contributed by atoms with E-state index in [1.165, 1.54) is 0 Å². The Labute approximate surface area is 135 Å². The average Bonchev–Trinajstić information content (AvgIpc) is 2.96. The Morgan fingerprint density at radius 1 is 1.41 bits per heavy atom. The molecule has 0 unspecified atom stereocenters. The zero-order valence-corrected chi connectivity index (χ0v) is 12.9. The van der Waals surface area contributed by atoms with Crippen LogP contribution in [0.3, 0.4) is 0 Å². The van der Waals surface area contributed by atoms with E-state index in [1.54, 1.807) is 6.20 Å². The molecule has 0 radical (unpaired) electrons. The third-order valence-corrected chi connectivity index (χ3v) is 3.37. The summed E-state index contributed by atoms with van der Waals surface area (Å²) in [6.07, 6.45) is 3.07. The van der Waals surface area contributed by atoms with Gasteiger partial charge in [0, 0.05) is 25.5 Å². The second-order valence-electron chi connectivity index (χ2n) is 4.92. The fourth-order valence-electron chi connectivity index (χ4n) is 2.27. The number of rotatable bonds is 4. The largest absolute Gasteiger partial charge is 0.366 e. The maximum Gasteiger partial charge on any atom is 0.257 e. The van der Waals surface area contributed by atoms with Crippen LogP contribution in [0.25, 0.3) is 0 Å². The molecule has 22 heavy (non-hydrogen) atoms. The van der Waals surface area contributed by atoms with Gasteiger partial charge in [-0.3, -0.25) is 10.1 Å². The van der Waals surface area contributed by atoms with Gasteiger partial charge in [-0.15, -0.1) is 12.4 Å². The highest BCUT2D eigenvalue weighted by atomic mass is 35.5. The number of hydrogen-bond acceptors (Lipinski definition) is 4. The molecule has 1 amide bonds. The third-order valence-electron chi connectivity index (χ3n) is 3.37. The van der Waals surface area contributed by atoms with Gasteiger partial charge in [0.1, 0.15) is 6.10 Å². The topological polar surface area (TPSA) is 68.2 Å². The summed E-state index contributed by atoms with van der Waals surface area (Å²) in [6, 6.07) is 10.0. The molecule has 6 nitrogen and oxygen atoms in total. The van der Waals surface area contributed by atoms with Gasteiger partial charge in [-0.25, -0.2) is 4.98 Å². The molecule has 118 valence electrons. The smallest absolute Gasteiger partial charge is 0.257 e. The van der Waals surface area contributed by atoms with Crippen molar-refractivity contribution in [1.29, 1.82) is 0 Å². The second-order valence-corrected chi connectivity index (χ2v) is 4.92. The fraction of sp³-hybridized carbons (Fsp3) is 0.333. The normalized spacial score (nSPS) is 17.5. The Morgan fingerprint density at radius 3 is 2.95 bits per heavy atom. The van der Waals surface area contributed by atoms with Gasteiger partial charge in [-0.2, -0.15) is 0 Å². The van der Waals surface area contributed by atoms with Gasteiger partial charge in [0.05, 0.1) is 13.2 Å². The average molecular weight is 323 g/mol. The number of amides is 1. The van der Waals surface area contributed by atoms with E-state index in [0.717, 1.165) is 12.1 Å². The Balaban J connectivity index is 0.00000176. The summed E-state index contributed by atoms with van der Waals surface area (Å²) in [5.74, 6) is 0.376. The molecule has 2 heterocycles. The van der Waals surface area contributed by atoms with Crippen LogP contribution in [-0.4, -0.2) is 41.3 Å². The van der Waals surface area contributed by atoms with Gasteiger partial charge in [0.2, 0.25) is 5.95 Å². The van der Waals surface area contributed by atoms with Crippen LogP contribution in [0.4, 0.5) is 5.95 Å². The second kappa shape index (κ2) is 7.93. The SMILES string of the molecule is Cl.O=C(Nc1nccn1Cc1ccccc1)[C@H]1CNCCO1. The van der Waals surface area contributed by atoms with Crippen molar-refractivity contribution >= 4 is 24.3 Å². The van der Waals surface area contributed by atoms with Crippen molar-refractivity contribution in [2.24, 2.45) is 0 Å². The molecule has 0 spiro atoms. The summed E-state index contributed by atoms with van der Waals surface area (Å²) in [6.45, 7) is 2.54. The van der Waals surface area contributed by atoms with Gasteiger partial charge < -0.3 is 14.6 Å². The quantitative estimate of drug-likeness (QED) is 0.890. The molecule has 0 aliphatic carbocycles. The number of benzene rings is 1. The minimum atomic E-state index is -0.458. The van der Waals surface area contributed by atoms with Crippen molar-refractivity contribution < 1.29 is 9.53 Å². The Kier molecular flexibility index (Phi) is 5.94. The minimum Gasteiger partial charge on any atom is -0.366 e. The Hall–Kier alpha value is -1.89. The van der Waals surface area contributed by atoms with Crippen LogP contribution in [0, 0.1) is 0 Å². The molecule has 1 aliphatic rings. The molecule has 1 fully saturated rings. The summed E-state index contributed by atoms with van der Waals surface area (Å²) >= 11 is 0. The monoisotopic (exact) mass is 322 g/mol. The maximum atomic E-state index is 12.1. The molecule has 0 bridgehead atoms. The lowest BCUT2D eigenvalue weighted by Crippen LogP contribution is -2.45. The molecular weight excluding hydrogens is 304 g/mol. The molecule has 0 saturated carbocycles. The molecule has 1 aromatic carbocycles. The standard InChI is InChI=1S/C15H18N4O2.ClH/c20-14(13-10-16-7-9-21-13)18-15-17-6-8-19(15)11-12-4-2-1-3-5-12;/h1-6,8,13,16H,7,9-11H2,(H,17,18,20);1H/t13-;/m1./s1. The molecule has 3 rings (SSSR count). The number of nitrogens with one attached hydrogen (secondary N) is 2. The van der Waals surface area contributed by atoms with Crippen molar-refractivity contribution in [1.82, 2.24) is 14.9 Å². The van der Waals surface area contributed by atoms with Gasteiger partial charge in [-0.05, 0) is 5.56 Å². The number of nitrogens with zero attached hydrogens (tertiary/aromatic N) is 2. The predicted octanol–water partition coefficient (Wildman–Crippen LogP) is 1.28. The van der Waals surface area contributed by atoms with Crippen LogP contribution < -0.4 is 10.6 Å². The van der Waals surface area contributed by atoms with Crippen molar-refractivity contribution in [3.8, 4) is 0 Å². The summed E-state index contributed by atoms with van der Waals surface area (Å²) in [5.41, 5.74) is 1.15. The third kappa shape index (κ3) is 4.07. The van der Waals surface area contributed by atoms with Gasteiger partial charge in [0.15, 0.2) is 0 Å². The summed E-state index contributed by atoms with van der Waals surface area (Å²) < 4.78 is 7.34. The van der Waals surface area contributed by atoms with Crippen molar-refractivity contribution in [3.63, 3.8) is 0 Å². The first-order valence-electron chi connectivity index (χ1n) is 7.01. The molecule has 1 atom stereocenters. The first-order valence-corrected chi connectivity index (χ1v) is 7.01. The number of carbonyl (C=O) groups is 1. The maximum absolute atomic E-state index is 12.1. The molecular formula is C15H19ClN4O2. The Bertz CT molecular complexity index is 597. The lowest BCUT2D eigenvalue weighted by atomic mass is 10.2. The summed E-state index contributed by atoms with van der Waals surface area (Å²) in [7, 11) is 0. The minimum absolute atomic E-state index is 0. The van der Waals surface area contributed by atoms with Crippen LogP contribution in [-0.2, 0) is 16.1 Å². The lowest BCUT2D eigenvalue weighted by Gasteiger charge is -2.22. The van der Waals surface area contributed by atoms with Crippen molar-refractivity contribution in [3.05, 3.63) is 48.3 Å². The van der Waals surface area contributed by atoms with E-state index in [9.17, 15) is 4.79 Å². The zero-order chi connectivity index (χ0) is 14.5. The summed E-state index contributed by atoms with van der Waals surface area (Å²) in [5, 5.41) is 5.97. The van der Waals surface area contributed by atoms with E-state index >= 15 is 0 Å². The number of ether oxygens (including phenoxy) is 1. The molecule has 1 aromatic heterocycles. The molecule has 1 aliphatic heterocycles. The van der Waals surface area contributed by atoms with Crippen molar-refractivity contribution in [2.45, 2.75) is 12.6 Å². The van der Waals surface area contributed by atoms with E-state index in [4.69, 9.17) is 4.74 Å². The van der Waals surface area contributed by atoms with E-state index in [2.05, 4.69) is 15.6 Å². The van der Waals surface area contributed by atoms with Crippen LogP contribution in [0.1, 0.15) is 5.56 Å². The molecule has 2 aromatic rings. The van der Waals surface area contributed by atoms with Crippen LogP contribution >= 0.6 is 12.4 Å². The molecule has 2 N–H and O–H groups in total. The molecule has 1 saturated heterocycles. The van der Waals surface area contributed by atoms with Crippen LogP contribution in [0.5, 0.6) is 0 Å². The number of aromatic nitrogens is 2. The van der Waals surface area contributed by atoms with E-state index in [0.29, 0.717) is 25.6 Å². The van der Waals surface area contributed by atoms with Crippen LogP contribution in [0.2, 0.25) is 0 Å². The highest BCUT2D eigenvalue weighted by molar-refractivity contribution is 5.93. The number of hydrogen-bond donors (Lipinski definition) is 2. The number of anilines is 1. The number of morpholine rings is 1. The van der Waals surface area contributed by atoms with Gasteiger partial charge in [-0.1, -0.05) is 30.3 Å². The van der Waals surface area contributed by atoms with E-state index in [1.807, 2.05) is 41.1 Å². The first-order chi connectivity index (χ1) is 10.3. The Morgan fingerprint density at radius 2 is 2.23 bits per heavy atom. The predicted molar refractivity (Wildman–Crippen MR) is 86.3 cm³/mol. The van der Waals surface area contributed by atoms with Crippen molar-refractivity contribution in [2.75, 3.05) is 25.0 Å². The zero-order valence-electron chi connectivity index (χ0n) is 12.1. The molecule has 7 heteroatoms. The van der Waals surface area contributed by atoms with E-state index in [-0.39, 0.29) is 18.3 Å². The number of halogens is 1. The van der Waals surface area contributed by atoms with Gasteiger partial charge in [0.25, 0.3) is 5.91 Å². The first kappa shape index (κ1) is 16.5. The van der Waals surface area contributed by atoms with E-state index < -0.39 is 6.10 Å². The highest BCUT2D eigenvalue weighted by Gasteiger charge is 2.22. The summed E-state index contributed by atoms with van der Waals surface area (Å²) in [4.78, 5) is 16.3. The van der Waals surface area contributed by atoms with Crippen LogP contribution in [0.15, 0.2) is 42.7 Å². The van der Waals surface area contributed by atoms with Gasteiger partial charge >= 0.3 is 0 Å². The highest BCUT2D eigenvalue weighted by Crippen LogP contribution is 2.10.